The number of nitrogens with one attached hydrogen (secondary N) is 1. The molecular weight excluding hydrogens is 520 g/mol. The summed E-state index contributed by atoms with van der Waals surface area (Å²) in [4.78, 5) is 0. The molecule has 0 aliphatic carbocycles. The highest BCUT2D eigenvalue weighted by Gasteiger charge is 2.16. The number of methoxy groups -OCH3 is 1. The second-order valence-corrected chi connectivity index (χ2v) is 8.60. The van der Waals surface area contributed by atoms with Crippen LogP contribution in [0.4, 0.5) is 5.69 Å². The van der Waals surface area contributed by atoms with Crippen molar-refractivity contribution in [3.8, 4) is 11.5 Å². The molecule has 29 heavy (non-hydrogen) atoms. The molecule has 0 spiro atoms. The average molecular weight is 536 g/mol. The molecule has 0 aromatic heterocycles. The quantitative estimate of drug-likeness (QED) is 0.330. The van der Waals surface area contributed by atoms with Gasteiger partial charge in [0.1, 0.15) is 6.61 Å². The van der Waals surface area contributed by atoms with Crippen LogP contribution < -0.4 is 14.8 Å². The fraction of sp³-hybridized carbons (Fsp3) is 0.143. The SMILES string of the molecule is COc1ccc(Br)c(CNc2cc(Cl)cc(Cl)c2)c1OCc1c(Cl)cccc1Cl. The van der Waals surface area contributed by atoms with Gasteiger partial charge in [0.15, 0.2) is 11.5 Å². The normalized spacial score (nSPS) is 10.7. The van der Waals surface area contributed by atoms with Crippen molar-refractivity contribution in [3.63, 3.8) is 0 Å². The molecule has 0 unspecified atom stereocenters. The van der Waals surface area contributed by atoms with Crippen LogP contribution in [-0.4, -0.2) is 7.11 Å². The van der Waals surface area contributed by atoms with Gasteiger partial charge in [-0.15, -0.1) is 0 Å². The van der Waals surface area contributed by atoms with Crippen LogP contribution in [0.5, 0.6) is 11.5 Å². The number of halogens is 5. The molecule has 3 aromatic rings. The van der Waals surface area contributed by atoms with Gasteiger partial charge < -0.3 is 14.8 Å². The van der Waals surface area contributed by atoms with Crippen molar-refractivity contribution in [2.45, 2.75) is 13.2 Å². The lowest BCUT2D eigenvalue weighted by molar-refractivity contribution is 0.281. The lowest BCUT2D eigenvalue weighted by Crippen LogP contribution is -2.07. The molecule has 0 atom stereocenters. The van der Waals surface area contributed by atoms with Gasteiger partial charge in [-0.1, -0.05) is 68.4 Å². The van der Waals surface area contributed by atoms with Gasteiger partial charge in [-0.2, -0.15) is 0 Å². The Kier molecular flexibility index (Phi) is 7.83. The molecule has 0 heterocycles. The van der Waals surface area contributed by atoms with Gasteiger partial charge in [-0.3, -0.25) is 0 Å². The summed E-state index contributed by atoms with van der Waals surface area (Å²) in [5.74, 6) is 1.18. The van der Waals surface area contributed by atoms with Crippen LogP contribution in [0.2, 0.25) is 20.1 Å². The van der Waals surface area contributed by atoms with Crippen LogP contribution in [0.1, 0.15) is 11.1 Å². The predicted octanol–water partition coefficient (Wildman–Crippen LogP) is 8.26. The minimum absolute atomic E-state index is 0.196. The fourth-order valence-electron chi connectivity index (χ4n) is 2.73. The largest absolute Gasteiger partial charge is 0.493 e. The Balaban J connectivity index is 1.88. The van der Waals surface area contributed by atoms with Crippen molar-refractivity contribution < 1.29 is 9.47 Å². The van der Waals surface area contributed by atoms with Crippen LogP contribution in [0.3, 0.4) is 0 Å². The summed E-state index contributed by atoms with van der Waals surface area (Å²) in [5, 5.41) is 5.49. The third-order valence-corrected chi connectivity index (χ3v) is 6.03. The molecule has 0 aliphatic rings. The highest BCUT2D eigenvalue weighted by Crippen LogP contribution is 2.38. The minimum Gasteiger partial charge on any atom is -0.493 e. The number of benzene rings is 3. The second kappa shape index (κ2) is 10.1. The Morgan fingerprint density at radius 3 is 2.17 bits per heavy atom. The Morgan fingerprint density at radius 2 is 1.55 bits per heavy atom. The number of hydrogen-bond acceptors (Lipinski definition) is 3. The number of ether oxygens (including phenoxy) is 2. The van der Waals surface area contributed by atoms with E-state index < -0.39 is 0 Å². The van der Waals surface area contributed by atoms with E-state index in [1.165, 1.54) is 0 Å². The molecule has 3 aromatic carbocycles. The van der Waals surface area contributed by atoms with E-state index in [-0.39, 0.29) is 6.61 Å². The molecule has 3 rings (SSSR count). The zero-order valence-electron chi connectivity index (χ0n) is 15.2. The van der Waals surface area contributed by atoms with E-state index in [2.05, 4.69) is 21.2 Å². The van der Waals surface area contributed by atoms with E-state index >= 15 is 0 Å². The molecule has 0 aliphatic heterocycles. The van der Waals surface area contributed by atoms with Crippen molar-refractivity contribution in [2.24, 2.45) is 0 Å². The summed E-state index contributed by atoms with van der Waals surface area (Å²) < 4.78 is 12.5. The molecule has 0 radical (unpaired) electrons. The maximum absolute atomic E-state index is 6.27. The Labute approximate surface area is 197 Å². The van der Waals surface area contributed by atoms with E-state index in [0.717, 1.165) is 15.7 Å². The van der Waals surface area contributed by atoms with Crippen LogP contribution in [0, 0.1) is 0 Å². The molecule has 0 amide bonds. The van der Waals surface area contributed by atoms with E-state index in [1.807, 2.05) is 12.1 Å². The molecule has 1 N–H and O–H groups in total. The Morgan fingerprint density at radius 1 is 0.897 bits per heavy atom. The average Bonchev–Trinajstić information content (AvgIpc) is 2.66. The topological polar surface area (TPSA) is 30.5 Å². The van der Waals surface area contributed by atoms with Crippen molar-refractivity contribution in [1.82, 2.24) is 0 Å². The summed E-state index contributed by atoms with van der Waals surface area (Å²) in [6, 6.07) is 14.3. The third-order valence-electron chi connectivity index (χ3n) is 4.14. The molecule has 0 fully saturated rings. The maximum atomic E-state index is 6.27. The Bertz CT molecular complexity index is 989. The van der Waals surface area contributed by atoms with Crippen molar-refractivity contribution in [3.05, 3.63) is 84.2 Å². The summed E-state index contributed by atoms with van der Waals surface area (Å²) >= 11 is 28.3. The Hall–Kier alpha value is -1.30. The van der Waals surface area contributed by atoms with E-state index in [1.54, 1.807) is 43.5 Å². The molecule has 152 valence electrons. The molecular formula is C21H16BrCl4NO2. The van der Waals surface area contributed by atoms with E-state index in [0.29, 0.717) is 43.7 Å². The highest BCUT2D eigenvalue weighted by molar-refractivity contribution is 9.10. The zero-order valence-corrected chi connectivity index (χ0v) is 19.8. The van der Waals surface area contributed by atoms with E-state index in [9.17, 15) is 0 Å². The monoisotopic (exact) mass is 533 g/mol. The number of anilines is 1. The van der Waals surface area contributed by atoms with Gasteiger partial charge in [-0.25, -0.2) is 0 Å². The van der Waals surface area contributed by atoms with Crippen molar-refractivity contribution in [1.29, 1.82) is 0 Å². The summed E-state index contributed by atoms with van der Waals surface area (Å²) in [5.41, 5.74) is 2.36. The molecule has 0 saturated heterocycles. The third kappa shape index (κ3) is 5.65. The smallest absolute Gasteiger partial charge is 0.167 e. The van der Waals surface area contributed by atoms with Gasteiger partial charge >= 0.3 is 0 Å². The number of rotatable bonds is 7. The highest BCUT2D eigenvalue weighted by atomic mass is 79.9. The fourth-order valence-corrected chi connectivity index (χ4v) is 4.21. The van der Waals surface area contributed by atoms with Crippen LogP contribution in [-0.2, 0) is 13.2 Å². The molecule has 0 saturated carbocycles. The van der Waals surface area contributed by atoms with Gasteiger partial charge in [-0.05, 0) is 42.5 Å². The molecule has 3 nitrogen and oxygen atoms in total. The first-order valence-electron chi connectivity index (χ1n) is 8.50. The summed E-state index contributed by atoms with van der Waals surface area (Å²) in [6.07, 6.45) is 0. The molecule has 0 bridgehead atoms. The van der Waals surface area contributed by atoms with Gasteiger partial charge in [0, 0.05) is 47.9 Å². The predicted molar refractivity (Wildman–Crippen MR) is 125 cm³/mol. The second-order valence-electron chi connectivity index (χ2n) is 6.06. The van der Waals surface area contributed by atoms with E-state index in [4.69, 9.17) is 55.9 Å². The van der Waals surface area contributed by atoms with Gasteiger partial charge in [0.25, 0.3) is 0 Å². The van der Waals surface area contributed by atoms with Crippen LogP contribution in [0.25, 0.3) is 0 Å². The van der Waals surface area contributed by atoms with Crippen LogP contribution in [0.15, 0.2) is 53.0 Å². The number of hydrogen-bond donors (Lipinski definition) is 1. The first kappa shape index (κ1) is 22.4. The molecule has 8 heteroatoms. The summed E-state index contributed by atoms with van der Waals surface area (Å²) in [7, 11) is 1.59. The maximum Gasteiger partial charge on any atom is 0.167 e. The lowest BCUT2D eigenvalue weighted by atomic mass is 10.1. The summed E-state index contributed by atoms with van der Waals surface area (Å²) in [6.45, 7) is 0.640. The zero-order chi connectivity index (χ0) is 21.0. The first-order valence-corrected chi connectivity index (χ1v) is 10.8. The minimum atomic E-state index is 0.196. The van der Waals surface area contributed by atoms with Gasteiger partial charge in [0.2, 0.25) is 0 Å². The lowest BCUT2D eigenvalue weighted by Gasteiger charge is -2.18. The standard InChI is InChI=1S/C21H16BrCl4NO2/c1-28-20-6-5-17(22)15(10-27-14-8-12(23)7-13(24)9-14)21(20)29-11-16-18(25)3-2-4-19(16)26/h2-9,27H,10-11H2,1H3. The first-order chi connectivity index (χ1) is 13.9. The van der Waals surface area contributed by atoms with Crippen molar-refractivity contribution in [2.75, 3.05) is 12.4 Å². The van der Waals surface area contributed by atoms with Gasteiger partial charge in [0.05, 0.1) is 7.11 Å². The van der Waals surface area contributed by atoms with Crippen molar-refractivity contribution >= 4 is 68.0 Å². The van der Waals surface area contributed by atoms with Crippen LogP contribution >= 0.6 is 62.3 Å².